The lowest BCUT2D eigenvalue weighted by Crippen LogP contribution is -1.99. The first kappa shape index (κ1) is 12.8. The van der Waals surface area contributed by atoms with Gasteiger partial charge in [-0.1, -0.05) is 11.6 Å². The van der Waals surface area contributed by atoms with Crippen molar-refractivity contribution in [2.75, 3.05) is 0 Å². The number of hydrogen-bond donors (Lipinski definition) is 1. The molecular formula is C13H12ClFN2O. The minimum Gasteiger partial charge on any atom is -0.439 e. The molecule has 1 aromatic carbocycles. The van der Waals surface area contributed by atoms with E-state index in [1.165, 1.54) is 12.3 Å². The van der Waals surface area contributed by atoms with Gasteiger partial charge in [-0.2, -0.15) is 0 Å². The van der Waals surface area contributed by atoms with Gasteiger partial charge in [-0.15, -0.1) is 0 Å². The molecule has 0 aliphatic heterocycles. The number of hydrogen-bond acceptors (Lipinski definition) is 3. The van der Waals surface area contributed by atoms with E-state index in [-0.39, 0.29) is 5.82 Å². The molecule has 0 spiro atoms. The Morgan fingerprint density at radius 3 is 2.83 bits per heavy atom. The highest BCUT2D eigenvalue weighted by Crippen LogP contribution is 2.24. The van der Waals surface area contributed by atoms with Gasteiger partial charge in [0.1, 0.15) is 11.6 Å². The average molecular weight is 267 g/mol. The van der Waals surface area contributed by atoms with E-state index >= 15 is 0 Å². The number of nitrogens with two attached hydrogens (primary N) is 1. The van der Waals surface area contributed by atoms with Gasteiger partial charge in [-0.25, -0.2) is 9.37 Å². The molecule has 2 N–H and O–H groups in total. The molecule has 18 heavy (non-hydrogen) atoms. The van der Waals surface area contributed by atoms with E-state index in [0.29, 0.717) is 28.8 Å². The first-order valence-electron chi connectivity index (χ1n) is 5.38. The predicted octanol–water partition coefficient (Wildman–Crippen LogP) is 3.43. The van der Waals surface area contributed by atoms with E-state index < -0.39 is 0 Å². The Morgan fingerprint density at radius 1 is 1.39 bits per heavy atom. The van der Waals surface area contributed by atoms with Crippen molar-refractivity contribution in [2.24, 2.45) is 5.73 Å². The summed E-state index contributed by atoms with van der Waals surface area (Å²) < 4.78 is 18.6. The second kappa shape index (κ2) is 5.33. The molecule has 0 aliphatic rings. The Labute approximate surface area is 109 Å². The summed E-state index contributed by atoms with van der Waals surface area (Å²) in [5, 5.41) is 0.500. The normalized spacial score (nSPS) is 10.4. The Hall–Kier alpha value is -1.65. The van der Waals surface area contributed by atoms with Crippen LogP contribution in [-0.2, 0) is 6.54 Å². The number of benzene rings is 1. The highest BCUT2D eigenvalue weighted by atomic mass is 35.5. The summed E-state index contributed by atoms with van der Waals surface area (Å²) in [6.45, 7) is 1.98. The van der Waals surface area contributed by atoms with Gasteiger partial charge in [0, 0.05) is 18.8 Å². The SMILES string of the molecule is Cc1cc(Oc2cc(CN)c(Cl)cn2)ccc1F. The zero-order valence-corrected chi connectivity index (χ0v) is 10.5. The quantitative estimate of drug-likeness (QED) is 0.926. The summed E-state index contributed by atoms with van der Waals surface area (Å²) in [7, 11) is 0. The maximum absolute atomic E-state index is 13.1. The van der Waals surface area contributed by atoms with Gasteiger partial charge in [-0.05, 0) is 36.2 Å². The largest absolute Gasteiger partial charge is 0.439 e. The van der Waals surface area contributed by atoms with Gasteiger partial charge in [0.2, 0.25) is 5.88 Å². The molecule has 0 saturated heterocycles. The summed E-state index contributed by atoms with van der Waals surface area (Å²) in [5.41, 5.74) is 6.80. The van der Waals surface area contributed by atoms with Crippen molar-refractivity contribution < 1.29 is 9.13 Å². The molecule has 0 fully saturated rings. The van der Waals surface area contributed by atoms with Crippen LogP contribution in [0.25, 0.3) is 0 Å². The van der Waals surface area contributed by atoms with Crippen molar-refractivity contribution in [3.63, 3.8) is 0 Å². The predicted molar refractivity (Wildman–Crippen MR) is 68.3 cm³/mol. The summed E-state index contributed by atoms with van der Waals surface area (Å²) in [5.74, 6) is 0.631. The lowest BCUT2D eigenvalue weighted by Gasteiger charge is -2.08. The molecule has 0 amide bonds. The van der Waals surface area contributed by atoms with Crippen LogP contribution in [0.5, 0.6) is 11.6 Å². The number of pyridine rings is 1. The number of nitrogens with zero attached hydrogens (tertiary/aromatic N) is 1. The van der Waals surface area contributed by atoms with Gasteiger partial charge < -0.3 is 10.5 Å². The molecule has 2 rings (SSSR count). The molecule has 3 nitrogen and oxygen atoms in total. The zero-order chi connectivity index (χ0) is 13.1. The average Bonchev–Trinajstić information content (AvgIpc) is 2.36. The van der Waals surface area contributed by atoms with Crippen LogP contribution in [0.3, 0.4) is 0 Å². The van der Waals surface area contributed by atoms with Gasteiger partial charge in [0.15, 0.2) is 0 Å². The number of aromatic nitrogens is 1. The molecule has 5 heteroatoms. The molecule has 0 saturated carbocycles. The molecule has 0 unspecified atom stereocenters. The van der Waals surface area contributed by atoms with E-state index in [4.69, 9.17) is 22.1 Å². The van der Waals surface area contributed by atoms with Gasteiger partial charge in [0.25, 0.3) is 0 Å². The van der Waals surface area contributed by atoms with Gasteiger partial charge >= 0.3 is 0 Å². The van der Waals surface area contributed by atoms with Crippen LogP contribution in [0.4, 0.5) is 4.39 Å². The fourth-order valence-electron chi connectivity index (χ4n) is 1.47. The second-order valence-electron chi connectivity index (χ2n) is 3.83. The molecule has 0 bridgehead atoms. The van der Waals surface area contributed by atoms with Crippen LogP contribution < -0.4 is 10.5 Å². The van der Waals surface area contributed by atoms with Crippen LogP contribution in [0, 0.1) is 12.7 Å². The van der Waals surface area contributed by atoms with Crippen LogP contribution in [-0.4, -0.2) is 4.98 Å². The molecule has 0 radical (unpaired) electrons. The molecule has 0 aliphatic carbocycles. The maximum Gasteiger partial charge on any atom is 0.219 e. The van der Waals surface area contributed by atoms with Crippen LogP contribution >= 0.6 is 11.6 Å². The first-order chi connectivity index (χ1) is 8.60. The number of halogens is 2. The number of ether oxygens (including phenoxy) is 1. The summed E-state index contributed by atoms with van der Waals surface area (Å²) in [6.07, 6.45) is 1.48. The van der Waals surface area contributed by atoms with Crippen LogP contribution in [0.15, 0.2) is 30.5 Å². The number of aryl methyl sites for hydroxylation is 1. The summed E-state index contributed by atoms with van der Waals surface area (Å²) in [4.78, 5) is 4.03. The van der Waals surface area contributed by atoms with E-state index in [9.17, 15) is 4.39 Å². The Bertz CT molecular complexity index is 575. The fourth-order valence-corrected chi connectivity index (χ4v) is 1.65. The van der Waals surface area contributed by atoms with Crippen LogP contribution in [0.1, 0.15) is 11.1 Å². The van der Waals surface area contributed by atoms with Crippen molar-refractivity contribution in [1.82, 2.24) is 4.98 Å². The third-order valence-corrected chi connectivity index (χ3v) is 2.82. The van der Waals surface area contributed by atoms with Crippen molar-refractivity contribution in [3.05, 3.63) is 52.4 Å². The fraction of sp³-hybridized carbons (Fsp3) is 0.154. The lowest BCUT2D eigenvalue weighted by molar-refractivity contribution is 0.460. The molecule has 1 heterocycles. The third-order valence-electron chi connectivity index (χ3n) is 2.48. The highest BCUT2D eigenvalue weighted by molar-refractivity contribution is 6.31. The zero-order valence-electron chi connectivity index (χ0n) is 9.78. The minimum absolute atomic E-state index is 0.269. The molecular weight excluding hydrogens is 255 g/mol. The van der Waals surface area contributed by atoms with E-state index in [2.05, 4.69) is 4.98 Å². The Morgan fingerprint density at radius 2 is 2.17 bits per heavy atom. The van der Waals surface area contributed by atoms with E-state index in [1.807, 2.05) is 0 Å². The van der Waals surface area contributed by atoms with E-state index in [0.717, 1.165) is 5.56 Å². The standard InChI is InChI=1S/C13H12ClFN2O/c1-8-4-10(2-3-12(8)15)18-13-5-9(6-16)11(14)7-17-13/h2-5,7H,6,16H2,1H3. The topological polar surface area (TPSA) is 48.1 Å². The van der Waals surface area contributed by atoms with Gasteiger partial charge in [-0.3, -0.25) is 0 Å². The smallest absolute Gasteiger partial charge is 0.219 e. The molecule has 2 aromatic rings. The van der Waals surface area contributed by atoms with Crippen molar-refractivity contribution in [3.8, 4) is 11.6 Å². The Kier molecular flexibility index (Phi) is 3.79. The highest BCUT2D eigenvalue weighted by Gasteiger charge is 2.05. The van der Waals surface area contributed by atoms with Crippen molar-refractivity contribution in [2.45, 2.75) is 13.5 Å². The molecule has 0 atom stereocenters. The molecule has 94 valence electrons. The Balaban J connectivity index is 2.25. The number of rotatable bonds is 3. The maximum atomic E-state index is 13.1. The third kappa shape index (κ3) is 2.78. The van der Waals surface area contributed by atoms with Crippen molar-refractivity contribution >= 4 is 11.6 Å². The monoisotopic (exact) mass is 266 g/mol. The lowest BCUT2D eigenvalue weighted by atomic mass is 10.2. The second-order valence-corrected chi connectivity index (χ2v) is 4.24. The molecule has 1 aromatic heterocycles. The van der Waals surface area contributed by atoms with E-state index in [1.54, 1.807) is 25.1 Å². The summed E-state index contributed by atoms with van der Waals surface area (Å²) >= 11 is 5.90. The van der Waals surface area contributed by atoms with Gasteiger partial charge in [0.05, 0.1) is 5.02 Å². The minimum atomic E-state index is -0.269. The van der Waals surface area contributed by atoms with Crippen LogP contribution in [0.2, 0.25) is 5.02 Å². The summed E-state index contributed by atoms with van der Waals surface area (Å²) in [6, 6.07) is 6.17. The van der Waals surface area contributed by atoms with Crippen molar-refractivity contribution in [1.29, 1.82) is 0 Å². The first-order valence-corrected chi connectivity index (χ1v) is 5.76.